The Labute approximate surface area is 169 Å². The van der Waals surface area contributed by atoms with E-state index in [4.69, 9.17) is 0 Å². The topological polar surface area (TPSA) is 45.2 Å². The van der Waals surface area contributed by atoms with E-state index in [0.29, 0.717) is 6.54 Å². The van der Waals surface area contributed by atoms with Crippen LogP contribution in [0, 0.1) is 19.7 Å². The van der Waals surface area contributed by atoms with Crippen molar-refractivity contribution in [2.45, 2.75) is 33.7 Å². The number of nitrogens with one attached hydrogen (secondary N) is 1. The summed E-state index contributed by atoms with van der Waals surface area (Å²) in [6.45, 7) is 7.44. The first-order chi connectivity index (χ1) is 13.4. The summed E-state index contributed by atoms with van der Waals surface area (Å²) in [4.78, 5) is 19.1. The van der Waals surface area contributed by atoms with Gasteiger partial charge in [-0.15, -0.1) is 11.3 Å². The van der Waals surface area contributed by atoms with Crippen molar-refractivity contribution in [2.75, 3.05) is 16.8 Å². The Morgan fingerprint density at radius 2 is 1.93 bits per heavy atom. The third-order valence-electron chi connectivity index (χ3n) is 4.50. The lowest BCUT2D eigenvalue weighted by atomic mass is 10.1. The molecule has 3 aromatic rings. The van der Waals surface area contributed by atoms with E-state index in [0.717, 1.165) is 39.7 Å². The molecular formula is C22H24FN3OS. The molecule has 6 heteroatoms. The van der Waals surface area contributed by atoms with Crippen LogP contribution in [0.4, 0.5) is 15.8 Å². The smallest absolute Gasteiger partial charge is 0.231 e. The lowest BCUT2D eigenvalue weighted by Gasteiger charge is -2.22. The van der Waals surface area contributed by atoms with Gasteiger partial charge < -0.3 is 10.2 Å². The van der Waals surface area contributed by atoms with Gasteiger partial charge in [-0.3, -0.25) is 4.79 Å². The predicted octanol–water partition coefficient (Wildman–Crippen LogP) is 5.11. The molecule has 0 spiro atoms. The van der Waals surface area contributed by atoms with Crippen molar-refractivity contribution < 1.29 is 9.18 Å². The molecular weight excluding hydrogens is 373 g/mol. The molecule has 3 rings (SSSR count). The average molecular weight is 398 g/mol. The van der Waals surface area contributed by atoms with Gasteiger partial charge in [-0.05, 0) is 62.2 Å². The minimum Gasteiger partial charge on any atom is -0.366 e. The zero-order valence-corrected chi connectivity index (χ0v) is 17.1. The average Bonchev–Trinajstić information content (AvgIpc) is 3.10. The third kappa shape index (κ3) is 5.16. The maximum Gasteiger partial charge on any atom is 0.231 e. The summed E-state index contributed by atoms with van der Waals surface area (Å²) < 4.78 is 13.1. The fourth-order valence-corrected chi connectivity index (χ4v) is 3.72. The van der Waals surface area contributed by atoms with Crippen molar-refractivity contribution >= 4 is 28.6 Å². The van der Waals surface area contributed by atoms with Gasteiger partial charge in [0.2, 0.25) is 5.91 Å². The summed E-state index contributed by atoms with van der Waals surface area (Å²) in [7, 11) is 0. The lowest BCUT2D eigenvalue weighted by Crippen LogP contribution is -2.22. The second-order valence-electron chi connectivity index (χ2n) is 6.77. The fourth-order valence-electron chi connectivity index (χ4n) is 2.94. The summed E-state index contributed by atoms with van der Waals surface area (Å²) >= 11 is 1.49. The molecule has 1 heterocycles. The molecule has 0 aliphatic rings. The highest BCUT2D eigenvalue weighted by Crippen LogP contribution is 2.20. The summed E-state index contributed by atoms with van der Waals surface area (Å²) in [5.41, 5.74) is 4.85. The lowest BCUT2D eigenvalue weighted by molar-refractivity contribution is -0.115. The number of aromatic nitrogens is 1. The van der Waals surface area contributed by atoms with Crippen molar-refractivity contribution in [1.29, 1.82) is 0 Å². The van der Waals surface area contributed by atoms with E-state index in [1.54, 1.807) is 12.1 Å². The van der Waals surface area contributed by atoms with Gasteiger partial charge in [0.05, 0.1) is 18.7 Å². The van der Waals surface area contributed by atoms with Crippen LogP contribution in [-0.2, 0) is 17.8 Å². The minimum absolute atomic E-state index is 0.0690. The Morgan fingerprint density at radius 3 is 2.64 bits per heavy atom. The molecule has 1 amide bonds. The number of carbonyl (C=O) groups is 1. The molecule has 2 aromatic carbocycles. The number of thiazole rings is 1. The molecule has 0 unspecified atom stereocenters. The standard InChI is InChI=1S/C22H24FN3OS/c1-4-26(19-9-7-17(23)8-10-19)13-18-14-28-22(24-18)12-21(27)25-20-11-15(2)5-6-16(20)3/h5-11,14H,4,12-13H2,1-3H3,(H,25,27). The molecule has 0 atom stereocenters. The number of hydrogen-bond donors (Lipinski definition) is 1. The molecule has 0 bridgehead atoms. The molecule has 1 N–H and O–H groups in total. The Hall–Kier alpha value is -2.73. The highest BCUT2D eigenvalue weighted by atomic mass is 32.1. The first-order valence-electron chi connectivity index (χ1n) is 9.25. The van der Waals surface area contributed by atoms with Gasteiger partial charge in [0, 0.05) is 23.3 Å². The van der Waals surface area contributed by atoms with Gasteiger partial charge in [0.15, 0.2) is 0 Å². The van der Waals surface area contributed by atoms with Crippen molar-refractivity contribution in [1.82, 2.24) is 4.98 Å². The first kappa shape index (κ1) is 20.0. The molecule has 0 aliphatic heterocycles. The molecule has 0 fully saturated rings. The van der Waals surface area contributed by atoms with Gasteiger partial charge in [0.1, 0.15) is 10.8 Å². The number of benzene rings is 2. The Bertz CT molecular complexity index is 953. The monoisotopic (exact) mass is 397 g/mol. The Morgan fingerprint density at radius 1 is 1.18 bits per heavy atom. The predicted molar refractivity (Wildman–Crippen MR) is 113 cm³/mol. The van der Waals surface area contributed by atoms with E-state index >= 15 is 0 Å². The highest BCUT2D eigenvalue weighted by Gasteiger charge is 2.12. The number of hydrogen-bond acceptors (Lipinski definition) is 4. The van der Waals surface area contributed by atoms with Gasteiger partial charge in [-0.25, -0.2) is 9.37 Å². The number of nitrogens with zero attached hydrogens (tertiary/aromatic N) is 2. The number of aryl methyl sites for hydroxylation is 2. The van der Waals surface area contributed by atoms with E-state index in [-0.39, 0.29) is 18.1 Å². The van der Waals surface area contributed by atoms with Gasteiger partial charge >= 0.3 is 0 Å². The largest absolute Gasteiger partial charge is 0.366 e. The first-order valence-corrected chi connectivity index (χ1v) is 10.1. The molecule has 0 aliphatic carbocycles. The van der Waals surface area contributed by atoms with Crippen molar-refractivity contribution in [2.24, 2.45) is 0 Å². The van der Waals surface area contributed by atoms with Crippen LogP contribution >= 0.6 is 11.3 Å². The molecule has 0 radical (unpaired) electrons. The molecule has 4 nitrogen and oxygen atoms in total. The molecule has 28 heavy (non-hydrogen) atoms. The zero-order valence-electron chi connectivity index (χ0n) is 16.3. The summed E-state index contributed by atoms with van der Waals surface area (Å²) in [6.07, 6.45) is 0.251. The number of amides is 1. The van der Waals surface area contributed by atoms with Crippen LogP contribution in [0.3, 0.4) is 0 Å². The van der Waals surface area contributed by atoms with Crippen LogP contribution in [0.15, 0.2) is 47.8 Å². The zero-order chi connectivity index (χ0) is 20.1. The van der Waals surface area contributed by atoms with E-state index in [2.05, 4.69) is 15.2 Å². The maximum atomic E-state index is 13.1. The molecule has 0 saturated heterocycles. The highest BCUT2D eigenvalue weighted by molar-refractivity contribution is 7.09. The summed E-state index contributed by atoms with van der Waals surface area (Å²) in [5.74, 6) is -0.314. The van der Waals surface area contributed by atoms with Crippen LogP contribution in [0.5, 0.6) is 0 Å². The number of rotatable bonds is 7. The number of anilines is 2. The van der Waals surface area contributed by atoms with Crippen LogP contribution in [-0.4, -0.2) is 17.4 Å². The number of carbonyl (C=O) groups excluding carboxylic acids is 1. The summed E-state index contributed by atoms with van der Waals surface area (Å²) in [6, 6.07) is 12.5. The quantitative estimate of drug-likeness (QED) is 0.603. The second-order valence-corrected chi connectivity index (χ2v) is 7.71. The van der Waals surface area contributed by atoms with E-state index in [1.165, 1.54) is 23.5 Å². The van der Waals surface area contributed by atoms with Crippen LogP contribution in [0.2, 0.25) is 0 Å². The molecule has 0 saturated carbocycles. The SMILES string of the molecule is CCN(Cc1csc(CC(=O)Nc2cc(C)ccc2C)n1)c1ccc(F)cc1. The van der Waals surface area contributed by atoms with E-state index in [9.17, 15) is 9.18 Å². The summed E-state index contributed by atoms with van der Waals surface area (Å²) in [5, 5.41) is 5.74. The van der Waals surface area contributed by atoms with Gasteiger partial charge in [-0.1, -0.05) is 12.1 Å². The van der Waals surface area contributed by atoms with Crippen LogP contribution < -0.4 is 10.2 Å². The second kappa shape index (κ2) is 8.97. The Kier molecular flexibility index (Phi) is 6.41. The molecule has 1 aromatic heterocycles. The van der Waals surface area contributed by atoms with Crippen LogP contribution in [0.1, 0.15) is 28.8 Å². The maximum absolute atomic E-state index is 13.1. The fraction of sp³-hybridized carbons (Fsp3) is 0.273. The van der Waals surface area contributed by atoms with Crippen molar-refractivity contribution in [3.8, 4) is 0 Å². The van der Waals surface area contributed by atoms with Gasteiger partial charge in [0.25, 0.3) is 0 Å². The van der Waals surface area contributed by atoms with E-state index in [1.807, 2.05) is 44.4 Å². The van der Waals surface area contributed by atoms with Crippen molar-refractivity contribution in [3.63, 3.8) is 0 Å². The molecule has 146 valence electrons. The van der Waals surface area contributed by atoms with Crippen LogP contribution in [0.25, 0.3) is 0 Å². The van der Waals surface area contributed by atoms with E-state index < -0.39 is 0 Å². The number of halogens is 1. The third-order valence-corrected chi connectivity index (χ3v) is 5.40. The van der Waals surface area contributed by atoms with Gasteiger partial charge in [-0.2, -0.15) is 0 Å². The van der Waals surface area contributed by atoms with Crippen molar-refractivity contribution in [3.05, 3.63) is 75.5 Å². The minimum atomic E-state index is -0.245. The Balaban J connectivity index is 1.62. The normalized spacial score (nSPS) is 10.7.